The van der Waals surface area contributed by atoms with Crippen LogP contribution in [-0.2, 0) is 0 Å². The average Bonchev–Trinajstić information content (AvgIpc) is 3.14. The van der Waals surface area contributed by atoms with Crippen molar-refractivity contribution in [3.63, 3.8) is 0 Å². The topological polar surface area (TPSA) is 32.7 Å². The van der Waals surface area contributed by atoms with Crippen molar-refractivity contribution in [2.75, 3.05) is 0 Å². The highest BCUT2D eigenvalue weighted by Gasteiger charge is 2.33. The summed E-state index contributed by atoms with van der Waals surface area (Å²) >= 11 is 6.94. The zero-order valence-electron chi connectivity index (χ0n) is 14.3. The molecule has 0 N–H and O–H groups in total. The van der Waals surface area contributed by atoms with Gasteiger partial charge in [-0.1, -0.05) is 74.3 Å². The first kappa shape index (κ1) is 18.1. The van der Waals surface area contributed by atoms with Crippen LogP contribution >= 0.6 is 31.9 Å². The van der Waals surface area contributed by atoms with Gasteiger partial charge in [-0.3, -0.25) is 4.79 Å². The van der Waals surface area contributed by atoms with Crippen molar-refractivity contribution in [1.82, 2.24) is 5.01 Å². The third-order valence-corrected chi connectivity index (χ3v) is 5.63. The monoisotopic (exact) mass is 482 g/mol. The maximum Gasteiger partial charge on any atom is 0.274 e. The van der Waals surface area contributed by atoms with Crippen LogP contribution in [0, 0.1) is 0 Å². The number of hydrazone groups is 1. The first-order valence-corrected chi connectivity index (χ1v) is 10.2. The maximum atomic E-state index is 13.1. The number of rotatable bonds is 3. The van der Waals surface area contributed by atoms with Gasteiger partial charge in [0.1, 0.15) is 0 Å². The summed E-state index contributed by atoms with van der Waals surface area (Å²) in [5.41, 5.74) is 3.65. The number of nitrogens with zero attached hydrogens (tertiary/aromatic N) is 2. The summed E-state index contributed by atoms with van der Waals surface area (Å²) in [7, 11) is 0. The largest absolute Gasteiger partial charge is 0.274 e. The van der Waals surface area contributed by atoms with Gasteiger partial charge in [-0.2, -0.15) is 5.10 Å². The van der Waals surface area contributed by atoms with Crippen LogP contribution in [0.15, 0.2) is 92.9 Å². The molecule has 1 atom stereocenters. The zero-order chi connectivity index (χ0) is 18.8. The van der Waals surface area contributed by atoms with Crippen LogP contribution in [-0.4, -0.2) is 16.6 Å². The number of carbonyl (C=O) groups is 1. The van der Waals surface area contributed by atoms with Crippen LogP contribution in [0.2, 0.25) is 0 Å². The Morgan fingerprint density at radius 3 is 2.07 bits per heavy atom. The normalized spacial score (nSPS) is 16.3. The lowest BCUT2D eigenvalue weighted by atomic mass is 9.98. The van der Waals surface area contributed by atoms with Gasteiger partial charge in [0, 0.05) is 20.9 Å². The van der Waals surface area contributed by atoms with Gasteiger partial charge in [-0.15, -0.1) is 0 Å². The van der Waals surface area contributed by atoms with E-state index in [-0.39, 0.29) is 11.9 Å². The van der Waals surface area contributed by atoms with Gasteiger partial charge in [0.25, 0.3) is 5.91 Å². The van der Waals surface area contributed by atoms with Gasteiger partial charge in [-0.05, 0) is 47.5 Å². The molecule has 3 aromatic rings. The Hall–Kier alpha value is -2.24. The summed E-state index contributed by atoms with van der Waals surface area (Å²) < 4.78 is 2.03. The minimum Gasteiger partial charge on any atom is -0.267 e. The standard InChI is InChI=1S/C22H16Br2N2O/c23-18-10-6-15(7-11-18)20-14-21(16-8-12-19(24)13-9-16)26(25-20)22(27)17-4-2-1-3-5-17/h1-13,21H,14H2/t21-/m1/s1. The van der Waals surface area contributed by atoms with Crippen LogP contribution in [0.25, 0.3) is 0 Å². The number of benzene rings is 3. The predicted molar refractivity (Wildman–Crippen MR) is 115 cm³/mol. The molecular formula is C22H16Br2N2O. The molecule has 3 aromatic carbocycles. The maximum absolute atomic E-state index is 13.1. The molecule has 0 saturated heterocycles. The molecule has 1 aliphatic heterocycles. The lowest BCUT2D eigenvalue weighted by Gasteiger charge is -2.22. The van der Waals surface area contributed by atoms with E-state index in [2.05, 4.69) is 31.9 Å². The lowest BCUT2D eigenvalue weighted by Crippen LogP contribution is -2.27. The third kappa shape index (κ3) is 3.89. The quantitative estimate of drug-likeness (QED) is 0.436. The van der Waals surface area contributed by atoms with Crippen molar-refractivity contribution < 1.29 is 4.79 Å². The predicted octanol–water partition coefficient (Wildman–Crippen LogP) is 6.20. The first-order chi connectivity index (χ1) is 13.1. The average molecular weight is 484 g/mol. The highest BCUT2D eigenvalue weighted by atomic mass is 79.9. The first-order valence-electron chi connectivity index (χ1n) is 8.59. The number of amides is 1. The van der Waals surface area contributed by atoms with E-state index in [1.807, 2.05) is 78.9 Å². The molecule has 1 heterocycles. The highest BCUT2D eigenvalue weighted by Crippen LogP contribution is 2.34. The van der Waals surface area contributed by atoms with E-state index in [4.69, 9.17) is 5.10 Å². The summed E-state index contributed by atoms with van der Waals surface area (Å²) in [6.07, 6.45) is 0.682. The van der Waals surface area contributed by atoms with Gasteiger partial charge in [-0.25, -0.2) is 5.01 Å². The molecule has 3 nitrogen and oxygen atoms in total. The Labute approximate surface area is 175 Å². The number of hydrogen-bond acceptors (Lipinski definition) is 2. The molecule has 134 valence electrons. The smallest absolute Gasteiger partial charge is 0.267 e. The Kier molecular flexibility index (Phi) is 5.23. The van der Waals surface area contributed by atoms with Gasteiger partial charge in [0.2, 0.25) is 0 Å². The molecule has 0 bridgehead atoms. The Bertz CT molecular complexity index is 983. The summed E-state index contributed by atoms with van der Waals surface area (Å²) in [6.45, 7) is 0. The Morgan fingerprint density at radius 1 is 0.852 bits per heavy atom. The lowest BCUT2D eigenvalue weighted by molar-refractivity contribution is 0.0711. The van der Waals surface area contributed by atoms with Crippen LogP contribution in [0.4, 0.5) is 0 Å². The van der Waals surface area contributed by atoms with E-state index >= 15 is 0 Å². The van der Waals surface area contributed by atoms with E-state index in [9.17, 15) is 4.79 Å². The van der Waals surface area contributed by atoms with Crippen molar-refractivity contribution in [1.29, 1.82) is 0 Å². The molecular weight excluding hydrogens is 468 g/mol. The van der Waals surface area contributed by atoms with E-state index in [0.717, 1.165) is 25.8 Å². The van der Waals surface area contributed by atoms with Crippen LogP contribution in [0.5, 0.6) is 0 Å². The van der Waals surface area contributed by atoms with Gasteiger partial charge >= 0.3 is 0 Å². The molecule has 0 radical (unpaired) electrons. The van der Waals surface area contributed by atoms with Gasteiger partial charge in [0.05, 0.1) is 11.8 Å². The number of hydrogen-bond donors (Lipinski definition) is 0. The molecule has 27 heavy (non-hydrogen) atoms. The number of carbonyl (C=O) groups excluding carboxylic acids is 1. The summed E-state index contributed by atoms with van der Waals surface area (Å²) in [4.78, 5) is 13.1. The Balaban J connectivity index is 1.72. The fourth-order valence-electron chi connectivity index (χ4n) is 3.17. The van der Waals surface area contributed by atoms with Crippen molar-refractivity contribution in [3.8, 4) is 0 Å². The third-order valence-electron chi connectivity index (χ3n) is 4.57. The summed E-state index contributed by atoms with van der Waals surface area (Å²) in [5, 5.41) is 6.34. The fourth-order valence-corrected chi connectivity index (χ4v) is 3.70. The second-order valence-corrected chi connectivity index (χ2v) is 8.17. The van der Waals surface area contributed by atoms with E-state index in [0.29, 0.717) is 12.0 Å². The molecule has 0 aliphatic carbocycles. The molecule has 0 aromatic heterocycles. The minimum absolute atomic E-state index is 0.0874. The van der Waals surface area contributed by atoms with Crippen LogP contribution in [0.3, 0.4) is 0 Å². The zero-order valence-corrected chi connectivity index (χ0v) is 17.5. The molecule has 0 saturated carbocycles. The van der Waals surface area contributed by atoms with Crippen LogP contribution < -0.4 is 0 Å². The molecule has 5 heteroatoms. The summed E-state index contributed by atoms with van der Waals surface area (Å²) in [6, 6.07) is 25.3. The van der Waals surface area contributed by atoms with Crippen molar-refractivity contribution in [2.45, 2.75) is 12.5 Å². The molecule has 4 rings (SSSR count). The van der Waals surface area contributed by atoms with E-state index in [1.165, 1.54) is 0 Å². The molecule has 0 fully saturated rings. The second-order valence-electron chi connectivity index (χ2n) is 6.34. The number of halogens is 2. The van der Waals surface area contributed by atoms with Crippen LogP contribution in [0.1, 0.15) is 33.9 Å². The van der Waals surface area contributed by atoms with Crippen molar-refractivity contribution in [3.05, 3.63) is 104 Å². The van der Waals surface area contributed by atoms with Crippen molar-refractivity contribution >= 4 is 43.5 Å². The summed E-state index contributed by atoms with van der Waals surface area (Å²) in [5.74, 6) is -0.0874. The minimum atomic E-state index is -0.121. The van der Waals surface area contributed by atoms with E-state index < -0.39 is 0 Å². The molecule has 0 spiro atoms. The van der Waals surface area contributed by atoms with E-state index in [1.54, 1.807) is 5.01 Å². The SMILES string of the molecule is O=C(c1ccccc1)N1N=C(c2ccc(Br)cc2)C[C@@H]1c1ccc(Br)cc1. The molecule has 1 amide bonds. The molecule has 0 unspecified atom stereocenters. The Morgan fingerprint density at radius 2 is 1.44 bits per heavy atom. The highest BCUT2D eigenvalue weighted by molar-refractivity contribution is 9.10. The fraction of sp³-hybridized carbons (Fsp3) is 0.0909. The van der Waals surface area contributed by atoms with Gasteiger partial charge < -0.3 is 0 Å². The van der Waals surface area contributed by atoms with Crippen molar-refractivity contribution in [2.24, 2.45) is 5.10 Å². The molecule has 1 aliphatic rings. The second kappa shape index (κ2) is 7.79. The van der Waals surface area contributed by atoms with Gasteiger partial charge in [0.15, 0.2) is 0 Å².